The van der Waals surface area contributed by atoms with Crippen LogP contribution in [0.4, 0.5) is 0 Å². The normalized spacial score (nSPS) is 12.9. The van der Waals surface area contributed by atoms with Crippen LogP contribution < -0.4 is 4.74 Å². The Morgan fingerprint density at radius 3 is 2.62 bits per heavy atom. The van der Waals surface area contributed by atoms with Gasteiger partial charge in [-0.2, -0.15) is 0 Å². The summed E-state index contributed by atoms with van der Waals surface area (Å²) in [5, 5.41) is 0.448. The molecule has 1 atom stereocenters. The van der Waals surface area contributed by atoms with Gasteiger partial charge in [-0.1, -0.05) is 32.4 Å². The third-order valence-corrected chi connectivity index (χ3v) is 3.05. The van der Waals surface area contributed by atoms with E-state index in [1.54, 1.807) is 0 Å². The van der Waals surface area contributed by atoms with Crippen molar-refractivity contribution in [3.05, 3.63) is 21.0 Å². The monoisotopic (exact) mass is 353 g/mol. The summed E-state index contributed by atoms with van der Waals surface area (Å²) in [7, 11) is 0. The number of hydrogen-bond acceptors (Lipinski definition) is 2. The second-order valence-corrected chi connectivity index (χ2v) is 5.93. The van der Waals surface area contributed by atoms with Crippen LogP contribution in [0.2, 0.25) is 5.15 Å². The minimum atomic E-state index is 0.448. The van der Waals surface area contributed by atoms with Gasteiger partial charge in [0.15, 0.2) is 10.9 Å². The van der Waals surface area contributed by atoms with E-state index in [0.717, 1.165) is 10.1 Å². The molecule has 16 heavy (non-hydrogen) atoms. The fraction of sp³-hybridized carbons (Fsp3) is 0.583. The lowest BCUT2D eigenvalue weighted by Crippen LogP contribution is -2.11. The number of pyridine rings is 1. The molecule has 1 aromatic rings. The maximum absolute atomic E-state index is 5.98. The topological polar surface area (TPSA) is 22.1 Å². The zero-order valence-electron chi connectivity index (χ0n) is 9.84. The van der Waals surface area contributed by atoms with Crippen molar-refractivity contribution in [3.8, 4) is 5.75 Å². The maximum atomic E-state index is 5.98. The molecule has 0 aliphatic carbocycles. The van der Waals surface area contributed by atoms with Crippen LogP contribution in [0.25, 0.3) is 0 Å². The number of hydrogen-bond donors (Lipinski definition) is 0. The molecular weight excluding hydrogens is 336 g/mol. The van der Waals surface area contributed by atoms with Gasteiger partial charge in [0.2, 0.25) is 0 Å². The van der Waals surface area contributed by atoms with Crippen LogP contribution >= 0.6 is 34.2 Å². The summed E-state index contributed by atoms with van der Waals surface area (Å²) in [5.41, 5.74) is 0. The minimum Gasteiger partial charge on any atom is -0.490 e. The van der Waals surface area contributed by atoms with Gasteiger partial charge >= 0.3 is 0 Å². The fourth-order valence-electron chi connectivity index (χ4n) is 1.61. The van der Waals surface area contributed by atoms with Crippen LogP contribution in [0.3, 0.4) is 0 Å². The molecule has 0 saturated heterocycles. The first-order chi connectivity index (χ1) is 7.49. The van der Waals surface area contributed by atoms with Crippen molar-refractivity contribution in [1.82, 2.24) is 4.98 Å². The van der Waals surface area contributed by atoms with E-state index in [4.69, 9.17) is 16.3 Å². The zero-order valence-corrected chi connectivity index (χ0v) is 12.7. The predicted octanol–water partition coefficient (Wildman–Crippen LogP) is 4.40. The van der Waals surface area contributed by atoms with Crippen LogP contribution in [-0.4, -0.2) is 11.6 Å². The molecule has 0 aromatic carbocycles. The Hall–Kier alpha value is -0.0300. The molecule has 0 saturated carbocycles. The Morgan fingerprint density at radius 2 is 2.06 bits per heavy atom. The first-order valence-corrected chi connectivity index (χ1v) is 6.89. The molecule has 1 rings (SSSR count). The molecule has 1 heterocycles. The van der Waals surface area contributed by atoms with Crippen LogP contribution in [0, 0.1) is 15.5 Å². The van der Waals surface area contributed by atoms with Gasteiger partial charge in [0, 0.05) is 0 Å². The summed E-state index contributed by atoms with van der Waals surface area (Å²) >= 11 is 8.11. The molecule has 0 aliphatic heterocycles. The highest BCUT2D eigenvalue weighted by Gasteiger charge is 2.08. The van der Waals surface area contributed by atoms with E-state index < -0.39 is 0 Å². The molecule has 0 aliphatic rings. The van der Waals surface area contributed by atoms with Gasteiger partial charge in [0.25, 0.3) is 0 Å². The number of rotatable bonds is 5. The van der Waals surface area contributed by atoms with Crippen molar-refractivity contribution < 1.29 is 4.74 Å². The average molecular weight is 354 g/mol. The summed E-state index contributed by atoms with van der Waals surface area (Å²) in [5.74, 6) is 1.91. The van der Waals surface area contributed by atoms with E-state index in [0.29, 0.717) is 29.3 Å². The largest absolute Gasteiger partial charge is 0.490 e. The summed E-state index contributed by atoms with van der Waals surface area (Å²) in [4.78, 5) is 4.14. The van der Waals surface area contributed by atoms with Crippen LogP contribution in [0.5, 0.6) is 5.75 Å². The molecule has 0 amide bonds. The van der Waals surface area contributed by atoms with Crippen molar-refractivity contribution in [1.29, 1.82) is 0 Å². The predicted molar refractivity (Wildman–Crippen MR) is 76.1 cm³/mol. The van der Waals surface area contributed by atoms with Crippen LogP contribution in [0.15, 0.2) is 12.1 Å². The van der Waals surface area contributed by atoms with Gasteiger partial charge in [0.1, 0.15) is 3.70 Å². The van der Waals surface area contributed by atoms with Gasteiger partial charge in [-0.25, -0.2) is 4.98 Å². The highest BCUT2D eigenvalue weighted by Crippen LogP contribution is 2.24. The SMILES string of the molecule is CC(C)C[C@@H](C)COc1ccc(I)nc1Cl. The molecule has 2 nitrogen and oxygen atoms in total. The lowest BCUT2D eigenvalue weighted by molar-refractivity contribution is 0.238. The standard InChI is InChI=1S/C12H17ClINO/c1-8(2)6-9(3)7-16-10-4-5-11(14)15-12(10)13/h4-5,8-9H,6-7H2,1-3H3/t9-/m1/s1. The summed E-state index contributed by atoms with van der Waals surface area (Å²) in [6.45, 7) is 7.32. The third-order valence-electron chi connectivity index (χ3n) is 2.18. The molecule has 0 unspecified atom stereocenters. The van der Waals surface area contributed by atoms with E-state index in [-0.39, 0.29) is 0 Å². The number of ether oxygens (including phenoxy) is 1. The van der Waals surface area contributed by atoms with E-state index in [2.05, 4.69) is 48.3 Å². The van der Waals surface area contributed by atoms with Gasteiger partial charge in [-0.3, -0.25) is 0 Å². The Morgan fingerprint density at radius 1 is 1.38 bits per heavy atom. The molecule has 0 fully saturated rings. The van der Waals surface area contributed by atoms with Crippen molar-refractivity contribution in [2.24, 2.45) is 11.8 Å². The quantitative estimate of drug-likeness (QED) is 0.578. The van der Waals surface area contributed by atoms with Gasteiger partial charge in [-0.15, -0.1) is 0 Å². The number of nitrogens with zero attached hydrogens (tertiary/aromatic N) is 1. The third kappa shape index (κ3) is 4.87. The van der Waals surface area contributed by atoms with Crippen LogP contribution in [-0.2, 0) is 0 Å². The van der Waals surface area contributed by atoms with E-state index in [1.165, 1.54) is 0 Å². The molecule has 90 valence electrons. The molecule has 1 aromatic heterocycles. The number of halogens is 2. The molecular formula is C12H17ClINO. The highest BCUT2D eigenvalue weighted by atomic mass is 127. The first kappa shape index (κ1) is 14.0. The van der Waals surface area contributed by atoms with Gasteiger partial charge in [-0.05, 0) is 53.0 Å². The maximum Gasteiger partial charge on any atom is 0.172 e. The van der Waals surface area contributed by atoms with Crippen molar-refractivity contribution in [3.63, 3.8) is 0 Å². The summed E-state index contributed by atoms with van der Waals surface area (Å²) in [6, 6.07) is 3.77. The van der Waals surface area contributed by atoms with Crippen molar-refractivity contribution in [2.45, 2.75) is 27.2 Å². The molecule has 0 N–H and O–H groups in total. The fourth-order valence-corrected chi connectivity index (χ4v) is 2.38. The van der Waals surface area contributed by atoms with E-state index in [1.807, 2.05) is 12.1 Å². The lowest BCUT2D eigenvalue weighted by Gasteiger charge is -2.15. The minimum absolute atomic E-state index is 0.448. The smallest absolute Gasteiger partial charge is 0.172 e. The average Bonchev–Trinajstić information content (AvgIpc) is 2.15. The molecule has 0 bridgehead atoms. The second kappa shape index (κ2) is 6.64. The Kier molecular flexibility index (Phi) is 5.83. The van der Waals surface area contributed by atoms with Crippen LogP contribution in [0.1, 0.15) is 27.2 Å². The molecule has 4 heteroatoms. The Labute approximate surface area is 116 Å². The number of aromatic nitrogens is 1. The summed E-state index contributed by atoms with van der Waals surface area (Å²) < 4.78 is 6.54. The highest BCUT2D eigenvalue weighted by molar-refractivity contribution is 14.1. The lowest BCUT2D eigenvalue weighted by atomic mass is 10.00. The Bertz CT molecular complexity index is 344. The van der Waals surface area contributed by atoms with E-state index in [9.17, 15) is 0 Å². The van der Waals surface area contributed by atoms with Gasteiger partial charge < -0.3 is 4.74 Å². The van der Waals surface area contributed by atoms with Crippen molar-refractivity contribution in [2.75, 3.05) is 6.61 Å². The second-order valence-electron chi connectivity index (χ2n) is 4.47. The molecule has 0 radical (unpaired) electrons. The van der Waals surface area contributed by atoms with Crippen molar-refractivity contribution >= 4 is 34.2 Å². The molecule has 0 spiro atoms. The first-order valence-electron chi connectivity index (χ1n) is 5.44. The van der Waals surface area contributed by atoms with Gasteiger partial charge in [0.05, 0.1) is 6.61 Å². The summed E-state index contributed by atoms with van der Waals surface area (Å²) in [6.07, 6.45) is 1.16. The van der Waals surface area contributed by atoms with E-state index >= 15 is 0 Å². The Balaban J connectivity index is 2.48. The zero-order chi connectivity index (χ0) is 12.1.